The summed E-state index contributed by atoms with van der Waals surface area (Å²) >= 11 is 0. The van der Waals surface area contributed by atoms with Gasteiger partial charge in [-0.1, -0.05) is 6.92 Å². The first-order valence-corrected chi connectivity index (χ1v) is 6.80. The maximum absolute atomic E-state index is 5.66. The summed E-state index contributed by atoms with van der Waals surface area (Å²) in [7, 11) is 0. The van der Waals surface area contributed by atoms with E-state index in [1.54, 1.807) is 12.4 Å². The molecule has 0 atom stereocenters. The standard InChI is InChI=1S/C15H17N5/c1-2-12-13-10(5-6-16)9-18-15(13)20-14(19-12)11-4-3-7-17-8-11/h3-4,7-9H,2,5-6,16H2,1H3,(H,18,19,20). The normalized spacial score (nSPS) is 11.1. The van der Waals surface area contributed by atoms with Crippen LogP contribution in [-0.4, -0.2) is 26.5 Å². The molecule has 5 nitrogen and oxygen atoms in total. The Labute approximate surface area is 117 Å². The Kier molecular flexibility index (Phi) is 3.43. The van der Waals surface area contributed by atoms with Crippen LogP contribution in [0.5, 0.6) is 0 Å². The third kappa shape index (κ3) is 2.16. The molecule has 0 unspecified atom stereocenters. The van der Waals surface area contributed by atoms with Crippen molar-refractivity contribution in [1.29, 1.82) is 0 Å². The molecule has 0 aliphatic rings. The molecule has 3 aromatic rings. The van der Waals surface area contributed by atoms with Crippen LogP contribution in [0.4, 0.5) is 0 Å². The van der Waals surface area contributed by atoms with Crippen LogP contribution >= 0.6 is 0 Å². The van der Waals surface area contributed by atoms with Gasteiger partial charge in [0.2, 0.25) is 0 Å². The number of hydrogen-bond acceptors (Lipinski definition) is 4. The van der Waals surface area contributed by atoms with E-state index in [0.29, 0.717) is 12.4 Å². The molecule has 102 valence electrons. The fourth-order valence-corrected chi connectivity index (χ4v) is 2.41. The number of aryl methyl sites for hydroxylation is 1. The van der Waals surface area contributed by atoms with Gasteiger partial charge in [0.05, 0.1) is 5.69 Å². The van der Waals surface area contributed by atoms with Gasteiger partial charge in [-0.2, -0.15) is 0 Å². The Bertz CT molecular complexity index is 718. The molecular formula is C15H17N5. The number of pyridine rings is 1. The Morgan fingerprint density at radius 1 is 1.30 bits per heavy atom. The Balaban J connectivity index is 2.19. The number of hydrogen-bond donors (Lipinski definition) is 2. The molecule has 20 heavy (non-hydrogen) atoms. The molecule has 0 aliphatic carbocycles. The fraction of sp³-hybridized carbons (Fsp3) is 0.267. The fourth-order valence-electron chi connectivity index (χ4n) is 2.41. The van der Waals surface area contributed by atoms with Crippen LogP contribution < -0.4 is 5.73 Å². The van der Waals surface area contributed by atoms with E-state index in [4.69, 9.17) is 10.7 Å². The first kappa shape index (κ1) is 12.7. The van der Waals surface area contributed by atoms with Crippen LogP contribution in [0, 0.1) is 0 Å². The lowest BCUT2D eigenvalue weighted by Crippen LogP contribution is -2.03. The Hall–Kier alpha value is -2.27. The van der Waals surface area contributed by atoms with Crippen molar-refractivity contribution in [2.45, 2.75) is 19.8 Å². The van der Waals surface area contributed by atoms with E-state index in [-0.39, 0.29) is 0 Å². The molecule has 0 fully saturated rings. The number of nitrogens with two attached hydrogens (primary N) is 1. The summed E-state index contributed by atoms with van der Waals surface area (Å²) in [6.07, 6.45) is 7.21. The van der Waals surface area contributed by atoms with Gasteiger partial charge < -0.3 is 10.7 Å². The summed E-state index contributed by atoms with van der Waals surface area (Å²) in [5, 5.41) is 1.12. The number of rotatable bonds is 4. The van der Waals surface area contributed by atoms with E-state index < -0.39 is 0 Å². The van der Waals surface area contributed by atoms with Crippen molar-refractivity contribution in [3.05, 3.63) is 42.0 Å². The zero-order chi connectivity index (χ0) is 13.9. The predicted molar refractivity (Wildman–Crippen MR) is 79.3 cm³/mol. The summed E-state index contributed by atoms with van der Waals surface area (Å²) < 4.78 is 0. The zero-order valence-electron chi connectivity index (χ0n) is 11.4. The topological polar surface area (TPSA) is 80.5 Å². The number of aromatic amines is 1. The molecule has 5 heteroatoms. The highest BCUT2D eigenvalue weighted by Gasteiger charge is 2.13. The van der Waals surface area contributed by atoms with Crippen LogP contribution in [0.3, 0.4) is 0 Å². The molecule has 3 rings (SSSR count). The summed E-state index contributed by atoms with van der Waals surface area (Å²) in [4.78, 5) is 16.7. The van der Waals surface area contributed by atoms with E-state index in [9.17, 15) is 0 Å². The van der Waals surface area contributed by atoms with Gasteiger partial charge in [0.25, 0.3) is 0 Å². The summed E-state index contributed by atoms with van der Waals surface area (Å²) in [6.45, 7) is 2.73. The molecule has 0 bridgehead atoms. The lowest BCUT2D eigenvalue weighted by molar-refractivity contribution is 0.969. The van der Waals surface area contributed by atoms with Crippen molar-refractivity contribution in [1.82, 2.24) is 19.9 Å². The van der Waals surface area contributed by atoms with E-state index in [2.05, 4.69) is 21.9 Å². The molecule has 0 radical (unpaired) electrons. The van der Waals surface area contributed by atoms with Gasteiger partial charge >= 0.3 is 0 Å². The first-order valence-electron chi connectivity index (χ1n) is 6.80. The molecule has 0 aromatic carbocycles. The van der Waals surface area contributed by atoms with Gasteiger partial charge in [0.15, 0.2) is 5.82 Å². The molecule has 3 heterocycles. The van der Waals surface area contributed by atoms with Crippen molar-refractivity contribution in [2.24, 2.45) is 5.73 Å². The minimum atomic E-state index is 0.625. The molecule has 0 saturated carbocycles. The van der Waals surface area contributed by atoms with Crippen LogP contribution in [0.15, 0.2) is 30.7 Å². The number of nitrogens with one attached hydrogen (secondary N) is 1. The molecule has 0 aliphatic heterocycles. The quantitative estimate of drug-likeness (QED) is 0.758. The largest absolute Gasteiger partial charge is 0.346 e. The second kappa shape index (κ2) is 5.38. The molecule has 3 N–H and O–H groups in total. The number of nitrogens with zero attached hydrogens (tertiary/aromatic N) is 3. The maximum atomic E-state index is 5.66. The van der Waals surface area contributed by atoms with Crippen LogP contribution in [0.25, 0.3) is 22.4 Å². The van der Waals surface area contributed by atoms with Crippen molar-refractivity contribution < 1.29 is 0 Å². The lowest BCUT2D eigenvalue weighted by atomic mass is 10.1. The first-order chi connectivity index (χ1) is 9.83. The summed E-state index contributed by atoms with van der Waals surface area (Å²) in [6, 6.07) is 3.86. The molecule has 3 aromatic heterocycles. The predicted octanol–water partition coefficient (Wildman–Crippen LogP) is 2.08. The van der Waals surface area contributed by atoms with Gasteiger partial charge in [0.1, 0.15) is 5.65 Å². The van der Waals surface area contributed by atoms with Gasteiger partial charge in [-0.3, -0.25) is 4.98 Å². The highest BCUT2D eigenvalue weighted by Crippen LogP contribution is 2.24. The second-order valence-corrected chi connectivity index (χ2v) is 4.67. The second-order valence-electron chi connectivity index (χ2n) is 4.67. The van der Waals surface area contributed by atoms with E-state index in [0.717, 1.165) is 35.1 Å². The van der Waals surface area contributed by atoms with E-state index in [1.807, 2.05) is 18.3 Å². The monoisotopic (exact) mass is 267 g/mol. The molecule has 0 saturated heterocycles. The number of H-pyrrole nitrogens is 1. The third-order valence-electron chi connectivity index (χ3n) is 3.36. The van der Waals surface area contributed by atoms with Gasteiger partial charge in [-0.25, -0.2) is 9.97 Å². The minimum Gasteiger partial charge on any atom is -0.346 e. The van der Waals surface area contributed by atoms with E-state index in [1.165, 1.54) is 5.56 Å². The van der Waals surface area contributed by atoms with Crippen molar-refractivity contribution in [3.63, 3.8) is 0 Å². The van der Waals surface area contributed by atoms with Gasteiger partial charge in [-0.05, 0) is 37.1 Å². The smallest absolute Gasteiger partial charge is 0.163 e. The minimum absolute atomic E-state index is 0.625. The highest BCUT2D eigenvalue weighted by atomic mass is 15.0. The SMILES string of the molecule is CCc1nc(-c2cccnc2)nc2[nH]cc(CCN)c12. The van der Waals surface area contributed by atoms with E-state index >= 15 is 0 Å². The van der Waals surface area contributed by atoms with Crippen LogP contribution in [0.2, 0.25) is 0 Å². The number of aromatic nitrogens is 4. The van der Waals surface area contributed by atoms with Crippen molar-refractivity contribution in [2.75, 3.05) is 6.54 Å². The third-order valence-corrected chi connectivity index (χ3v) is 3.36. The number of fused-ring (bicyclic) bond motifs is 1. The van der Waals surface area contributed by atoms with Gasteiger partial charge in [-0.15, -0.1) is 0 Å². The van der Waals surface area contributed by atoms with Gasteiger partial charge in [0, 0.05) is 29.5 Å². The van der Waals surface area contributed by atoms with Crippen LogP contribution in [0.1, 0.15) is 18.2 Å². The zero-order valence-corrected chi connectivity index (χ0v) is 11.4. The lowest BCUT2D eigenvalue weighted by Gasteiger charge is -2.06. The summed E-state index contributed by atoms with van der Waals surface area (Å²) in [5.41, 5.74) is 9.71. The Morgan fingerprint density at radius 3 is 2.90 bits per heavy atom. The highest BCUT2D eigenvalue weighted by molar-refractivity contribution is 5.84. The molecule has 0 amide bonds. The van der Waals surface area contributed by atoms with Crippen molar-refractivity contribution >= 4 is 11.0 Å². The summed E-state index contributed by atoms with van der Waals surface area (Å²) in [5.74, 6) is 0.712. The maximum Gasteiger partial charge on any atom is 0.163 e. The van der Waals surface area contributed by atoms with Crippen molar-refractivity contribution in [3.8, 4) is 11.4 Å². The van der Waals surface area contributed by atoms with Crippen LogP contribution in [-0.2, 0) is 12.8 Å². The average molecular weight is 267 g/mol. The average Bonchev–Trinajstić information content (AvgIpc) is 2.91. The Morgan fingerprint density at radius 2 is 2.20 bits per heavy atom. The molecular weight excluding hydrogens is 250 g/mol. The molecule has 0 spiro atoms.